The summed E-state index contributed by atoms with van der Waals surface area (Å²) in [7, 11) is 5.65. The van der Waals surface area contributed by atoms with Crippen LogP contribution in [0.2, 0.25) is 0 Å². The molecule has 1 atom stereocenters. The van der Waals surface area contributed by atoms with Crippen LogP contribution in [0.3, 0.4) is 0 Å². The molecule has 4 rings (SSSR count). The van der Waals surface area contributed by atoms with Crippen LogP contribution in [0.1, 0.15) is 23.9 Å². The molecule has 35 heavy (non-hydrogen) atoms. The summed E-state index contributed by atoms with van der Waals surface area (Å²) < 4.78 is 11.5. The molecule has 6 nitrogen and oxygen atoms in total. The van der Waals surface area contributed by atoms with E-state index in [4.69, 9.17) is 14.1 Å². The molecule has 0 fully saturated rings. The zero-order valence-corrected chi connectivity index (χ0v) is 20.4. The molecule has 1 aromatic heterocycles. The first-order valence-electron chi connectivity index (χ1n) is 11.7. The normalized spacial score (nSPS) is 11.9. The Bertz CT molecular complexity index is 1180. The molecule has 3 aromatic carbocycles. The van der Waals surface area contributed by atoms with Crippen molar-refractivity contribution in [2.24, 2.45) is 0 Å². The average Bonchev–Trinajstić information content (AvgIpc) is 3.33. The van der Waals surface area contributed by atoms with Crippen LogP contribution in [0.5, 0.6) is 5.75 Å². The molecule has 0 bridgehead atoms. The fraction of sp³-hybridized carbons (Fsp3) is 0.241. The number of aryl methyl sites for hydroxylation is 1. The Labute approximate surface area is 206 Å². The molecule has 0 saturated heterocycles. The van der Waals surface area contributed by atoms with Crippen LogP contribution >= 0.6 is 0 Å². The minimum Gasteiger partial charge on any atom is -0.497 e. The van der Waals surface area contributed by atoms with Gasteiger partial charge in [0.05, 0.1) is 13.2 Å². The van der Waals surface area contributed by atoms with Crippen LogP contribution in [-0.2, 0) is 11.2 Å². The first-order chi connectivity index (χ1) is 17.0. The van der Waals surface area contributed by atoms with Gasteiger partial charge < -0.3 is 19.4 Å². The number of oxazole rings is 1. The lowest BCUT2D eigenvalue weighted by molar-refractivity contribution is -0.121. The molecule has 0 aliphatic carbocycles. The van der Waals surface area contributed by atoms with Gasteiger partial charge in [0.2, 0.25) is 5.91 Å². The largest absolute Gasteiger partial charge is 0.497 e. The minimum absolute atomic E-state index is 0.0326. The third kappa shape index (κ3) is 6.16. The Morgan fingerprint density at radius 1 is 0.971 bits per heavy atom. The van der Waals surface area contributed by atoms with Crippen molar-refractivity contribution in [3.63, 3.8) is 0 Å². The molecule has 0 aliphatic heterocycles. The van der Waals surface area contributed by atoms with Gasteiger partial charge in [-0.05, 0) is 31.8 Å². The highest BCUT2D eigenvalue weighted by Crippen LogP contribution is 2.32. The Kier molecular flexibility index (Phi) is 7.95. The molecule has 1 heterocycles. The van der Waals surface area contributed by atoms with E-state index in [9.17, 15) is 4.79 Å². The number of ether oxygens (including phenoxy) is 1. The van der Waals surface area contributed by atoms with Gasteiger partial charge in [-0.15, -0.1) is 0 Å². The quantitative estimate of drug-likeness (QED) is 0.338. The lowest BCUT2D eigenvalue weighted by atomic mass is 10.1. The van der Waals surface area contributed by atoms with Gasteiger partial charge in [-0.1, -0.05) is 72.8 Å². The summed E-state index contributed by atoms with van der Waals surface area (Å²) in [5.74, 6) is 2.03. The predicted molar refractivity (Wildman–Crippen MR) is 138 cm³/mol. The highest BCUT2D eigenvalue weighted by atomic mass is 16.5. The smallest absolute Gasteiger partial charge is 0.220 e. The van der Waals surface area contributed by atoms with Crippen molar-refractivity contribution in [3.05, 3.63) is 96.4 Å². The number of benzene rings is 3. The maximum absolute atomic E-state index is 12.7. The van der Waals surface area contributed by atoms with Crippen LogP contribution in [0.15, 0.2) is 89.3 Å². The van der Waals surface area contributed by atoms with Crippen LogP contribution in [0.4, 0.5) is 0 Å². The second-order valence-electron chi connectivity index (χ2n) is 8.58. The molecule has 0 saturated carbocycles. The van der Waals surface area contributed by atoms with Crippen molar-refractivity contribution in [2.45, 2.75) is 18.9 Å². The zero-order valence-electron chi connectivity index (χ0n) is 20.4. The van der Waals surface area contributed by atoms with Crippen molar-refractivity contribution < 1.29 is 13.9 Å². The van der Waals surface area contributed by atoms with Gasteiger partial charge in [-0.25, -0.2) is 4.98 Å². The number of carbonyl (C=O) groups excluding carboxylic acids is 1. The lowest BCUT2D eigenvalue weighted by Crippen LogP contribution is -2.34. The summed E-state index contributed by atoms with van der Waals surface area (Å²) in [4.78, 5) is 19.5. The second-order valence-corrected chi connectivity index (χ2v) is 8.58. The number of hydrogen-bond acceptors (Lipinski definition) is 5. The maximum Gasteiger partial charge on any atom is 0.220 e. The van der Waals surface area contributed by atoms with E-state index < -0.39 is 0 Å². The van der Waals surface area contributed by atoms with E-state index in [1.54, 1.807) is 7.11 Å². The summed E-state index contributed by atoms with van der Waals surface area (Å²) in [6.07, 6.45) is 0.714. The van der Waals surface area contributed by atoms with E-state index in [0.717, 1.165) is 33.9 Å². The molecule has 0 radical (unpaired) electrons. The highest BCUT2D eigenvalue weighted by molar-refractivity contribution is 5.78. The lowest BCUT2D eigenvalue weighted by Gasteiger charge is -2.25. The number of aromatic nitrogens is 1. The molecule has 4 aromatic rings. The van der Waals surface area contributed by atoms with Crippen LogP contribution in [0, 0.1) is 0 Å². The number of rotatable bonds is 10. The topological polar surface area (TPSA) is 67.6 Å². The van der Waals surface area contributed by atoms with Gasteiger partial charge in [0.1, 0.15) is 11.4 Å². The molecule has 1 N–H and O–H groups in total. The number of methoxy groups -OCH3 is 1. The van der Waals surface area contributed by atoms with Crippen molar-refractivity contribution >= 4 is 5.91 Å². The molecule has 6 heteroatoms. The van der Waals surface area contributed by atoms with Crippen molar-refractivity contribution in [1.82, 2.24) is 15.2 Å². The number of hydrogen-bond donors (Lipinski definition) is 1. The fourth-order valence-electron chi connectivity index (χ4n) is 4.01. The first kappa shape index (κ1) is 24.2. The summed E-state index contributed by atoms with van der Waals surface area (Å²) in [6, 6.07) is 27.9. The molecule has 1 amide bonds. The van der Waals surface area contributed by atoms with Gasteiger partial charge in [0.25, 0.3) is 0 Å². The van der Waals surface area contributed by atoms with E-state index in [2.05, 4.69) is 10.2 Å². The van der Waals surface area contributed by atoms with Crippen molar-refractivity contribution in [2.75, 3.05) is 27.7 Å². The predicted octanol–water partition coefficient (Wildman–Crippen LogP) is 5.37. The number of carbonyl (C=O) groups is 1. The first-order valence-corrected chi connectivity index (χ1v) is 11.7. The van der Waals surface area contributed by atoms with Gasteiger partial charge in [-0.3, -0.25) is 4.79 Å². The molecular weight excluding hydrogens is 438 g/mol. The molecule has 0 aliphatic rings. The minimum atomic E-state index is -0.0412. The molecule has 0 spiro atoms. The number of nitrogens with zero attached hydrogens (tertiary/aromatic N) is 2. The summed E-state index contributed by atoms with van der Waals surface area (Å²) in [5.41, 5.74) is 3.82. The Balaban J connectivity index is 1.43. The monoisotopic (exact) mass is 469 g/mol. The molecule has 180 valence electrons. The summed E-state index contributed by atoms with van der Waals surface area (Å²) in [5, 5.41) is 3.06. The summed E-state index contributed by atoms with van der Waals surface area (Å²) in [6.45, 7) is 0.495. The standard InChI is InChI=1S/C29H31N3O3/c1-32(2)25(23-15-10-16-24(19-23)34-3)20-30-26(33)17-18-27-31-28(21-11-6-4-7-12-21)29(35-27)22-13-8-5-9-14-22/h4-16,19,25H,17-18,20H2,1-3H3,(H,30,33). The number of amides is 1. The van der Waals surface area contributed by atoms with E-state index in [-0.39, 0.29) is 11.9 Å². The zero-order chi connectivity index (χ0) is 24.6. The van der Waals surface area contributed by atoms with Gasteiger partial charge in [-0.2, -0.15) is 0 Å². The second kappa shape index (κ2) is 11.5. The van der Waals surface area contributed by atoms with Gasteiger partial charge in [0.15, 0.2) is 11.7 Å². The van der Waals surface area contributed by atoms with Gasteiger partial charge >= 0.3 is 0 Å². The molecular formula is C29H31N3O3. The van der Waals surface area contributed by atoms with Crippen molar-refractivity contribution in [1.29, 1.82) is 0 Å². The van der Waals surface area contributed by atoms with E-state index in [0.29, 0.717) is 25.3 Å². The van der Waals surface area contributed by atoms with E-state index >= 15 is 0 Å². The van der Waals surface area contributed by atoms with Gasteiger partial charge in [0, 0.05) is 30.5 Å². The Morgan fingerprint density at radius 2 is 1.66 bits per heavy atom. The third-order valence-corrected chi connectivity index (χ3v) is 5.92. The third-order valence-electron chi connectivity index (χ3n) is 5.92. The fourth-order valence-corrected chi connectivity index (χ4v) is 4.01. The van der Waals surface area contributed by atoms with Crippen LogP contribution < -0.4 is 10.1 Å². The van der Waals surface area contributed by atoms with Crippen LogP contribution in [-0.4, -0.2) is 43.5 Å². The van der Waals surface area contributed by atoms with E-state index in [1.165, 1.54) is 0 Å². The average molecular weight is 470 g/mol. The number of nitrogens with one attached hydrogen (secondary N) is 1. The summed E-state index contributed by atoms with van der Waals surface area (Å²) >= 11 is 0. The van der Waals surface area contributed by atoms with Crippen LogP contribution in [0.25, 0.3) is 22.6 Å². The highest BCUT2D eigenvalue weighted by Gasteiger charge is 2.19. The Morgan fingerprint density at radius 3 is 2.31 bits per heavy atom. The SMILES string of the molecule is COc1cccc(C(CNC(=O)CCc2nc(-c3ccccc3)c(-c3ccccc3)o2)N(C)C)c1. The Hall–Kier alpha value is -3.90. The number of likely N-dealkylation sites (N-methyl/N-ethyl adjacent to an activating group) is 1. The van der Waals surface area contributed by atoms with Crippen molar-refractivity contribution in [3.8, 4) is 28.3 Å². The maximum atomic E-state index is 12.7. The van der Waals surface area contributed by atoms with E-state index in [1.807, 2.05) is 99.0 Å². The molecule has 1 unspecified atom stereocenters.